The lowest BCUT2D eigenvalue weighted by Crippen LogP contribution is -1.74. The summed E-state index contributed by atoms with van der Waals surface area (Å²) < 4.78 is 14.4. The molecule has 11 heavy (non-hydrogen) atoms. The van der Waals surface area contributed by atoms with Gasteiger partial charge < -0.3 is 14.7 Å². The van der Waals surface area contributed by atoms with E-state index in [-0.39, 0.29) is 17.2 Å². The fraction of sp³-hybridized carbons (Fsp3) is 0. The van der Waals surface area contributed by atoms with Gasteiger partial charge in [-0.1, -0.05) is 0 Å². The van der Waals surface area contributed by atoms with Crippen LogP contribution in [0.3, 0.4) is 0 Å². The Morgan fingerprint density at radius 2 is 1.73 bits per heavy atom. The minimum atomic E-state index is -0.522. The van der Waals surface area contributed by atoms with Crippen LogP contribution in [-0.4, -0.2) is 10.2 Å². The molecule has 0 spiro atoms. The molecule has 0 amide bonds. The zero-order valence-electron chi connectivity index (χ0n) is 5.39. The normalized spacial score (nSPS) is 9.82. The van der Waals surface area contributed by atoms with E-state index in [1.165, 1.54) is 12.1 Å². The number of hydrogen-bond acceptors (Lipinski definition) is 4. The summed E-state index contributed by atoms with van der Waals surface area (Å²) in [6.07, 6.45) is 0. The van der Waals surface area contributed by atoms with Crippen LogP contribution in [-0.2, 0) is 4.57 Å². The molecule has 0 aliphatic heterocycles. The second-order valence-corrected chi connectivity index (χ2v) is 2.18. The highest BCUT2D eigenvalue weighted by Crippen LogP contribution is 2.27. The van der Waals surface area contributed by atoms with Crippen molar-refractivity contribution in [2.24, 2.45) is 0 Å². The van der Waals surface area contributed by atoms with E-state index in [9.17, 15) is 4.57 Å². The minimum Gasteiger partial charge on any atom is -0.508 e. The third-order valence-electron chi connectivity index (χ3n) is 1.02. The van der Waals surface area contributed by atoms with Crippen LogP contribution in [0.2, 0.25) is 0 Å². The molecule has 1 rings (SSSR count). The molecule has 0 saturated heterocycles. The Morgan fingerprint density at radius 1 is 1.18 bits per heavy atom. The summed E-state index contributed by atoms with van der Waals surface area (Å²) in [5.41, 5.74) is 0. The van der Waals surface area contributed by atoms with Gasteiger partial charge in [-0.15, -0.1) is 0 Å². The van der Waals surface area contributed by atoms with Gasteiger partial charge in [-0.25, -0.2) is 4.57 Å². The Morgan fingerprint density at radius 3 is 2.18 bits per heavy atom. The molecule has 0 aromatic heterocycles. The fourth-order valence-electron chi connectivity index (χ4n) is 0.664. The van der Waals surface area contributed by atoms with Crippen LogP contribution in [0, 0.1) is 0 Å². The molecule has 0 saturated carbocycles. The SMILES string of the molecule is O=POc1cc(O)cc(O)c1. The Hall–Kier alpha value is -1.28. The predicted molar refractivity (Wildman–Crippen MR) is 38.0 cm³/mol. The summed E-state index contributed by atoms with van der Waals surface area (Å²) in [4.78, 5) is 0. The molecule has 58 valence electrons. The standard InChI is InChI=1S/C6H5O4P/c7-4-1-5(8)3-6(2-4)10-11-9/h1-3,7-8H. The maximum absolute atomic E-state index is 9.91. The third-order valence-corrected chi connectivity index (χ3v) is 1.30. The number of aromatic hydroxyl groups is 2. The molecule has 0 radical (unpaired) electrons. The average molecular weight is 172 g/mol. The average Bonchev–Trinajstić information content (AvgIpc) is 1.85. The molecule has 0 bridgehead atoms. The monoisotopic (exact) mass is 172 g/mol. The van der Waals surface area contributed by atoms with E-state index in [0.29, 0.717) is 0 Å². The largest absolute Gasteiger partial charge is 0.508 e. The number of benzene rings is 1. The minimum absolute atomic E-state index is 0.136. The van der Waals surface area contributed by atoms with Gasteiger partial charge in [0.05, 0.1) is 0 Å². The summed E-state index contributed by atoms with van der Waals surface area (Å²) in [7, 11) is -0.522. The summed E-state index contributed by atoms with van der Waals surface area (Å²) in [5, 5.41) is 17.8. The maximum Gasteiger partial charge on any atom is 0.395 e. The van der Waals surface area contributed by atoms with Crippen LogP contribution in [0.5, 0.6) is 17.2 Å². The molecule has 0 atom stereocenters. The first-order chi connectivity index (χ1) is 5.22. The number of rotatable bonds is 2. The molecular weight excluding hydrogens is 167 g/mol. The van der Waals surface area contributed by atoms with Gasteiger partial charge >= 0.3 is 8.69 Å². The first-order valence-electron chi connectivity index (χ1n) is 2.75. The van der Waals surface area contributed by atoms with Crippen molar-refractivity contribution in [3.05, 3.63) is 18.2 Å². The van der Waals surface area contributed by atoms with Gasteiger partial charge in [-0.3, -0.25) is 0 Å². The maximum atomic E-state index is 9.91. The predicted octanol–water partition coefficient (Wildman–Crippen LogP) is 1.68. The molecule has 1 aromatic carbocycles. The smallest absolute Gasteiger partial charge is 0.395 e. The Kier molecular flexibility index (Phi) is 2.28. The van der Waals surface area contributed by atoms with E-state index in [2.05, 4.69) is 4.52 Å². The molecule has 0 fully saturated rings. The number of phenolic OH excluding ortho intramolecular Hbond substituents is 2. The topological polar surface area (TPSA) is 66.8 Å². The zero-order chi connectivity index (χ0) is 8.27. The summed E-state index contributed by atoms with van der Waals surface area (Å²) in [6.45, 7) is 0. The highest BCUT2D eigenvalue weighted by atomic mass is 31.1. The van der Waals surface area contributed by atoms with E-state index >= 15 is 0 Å². The number of phenols is 2. The van der Waals surface area contributed by atoms with Gasteiger partial charge in [0.1, 0.15) is 17.2 Å². The lowest BCUT2D eigenvalue weighted by molar-refractivity contribution is 0.444. The van der Waals surface area contributed by atoms with Crippen molar-refractivity contribution < 1.29 is 19.3 Å². The lowest BCUT2D eigenvalue weighted by Gasteiger charge is -1.97. The lowest BCUT2D eigenvalue weighted by atomic mass is 10.3. The summed E-state index contributed by atoms with van der Waals surface area (Å²) >= 11 is 0. The highest BCUT2D eigenvalue weighted by molar-refractivity contribution is 7.17. The second kappa shape index (κ2) is 3.21. The van der Waals surface area contributed by atoms with Gasteiger partial charge in [0.15, 0.2) is 0 Å². The van der Waals surface area contributed by atoms with Crippen molar-refractivity contribution in [2.45, 2.75) is 0 Å². The van der Waals surface area contributed by atoms with Crippen LogP contribution in [0.25, 0.3) is 0 Å². The summed E-state index contributed by atoms with van der Waals surface area (Å²) in [6, 6.07) is 3.63. The quantitative estimate of drug-likeness (QED) is 0.666. The molecule has 1 aromatic rings. The Balaban J connectivity index is 2.98. The molecule has 0 aliphatic rings. The first kappa shape index (κ1) is 7.82. The first-order valence-corrected chi connectivity index (χ1v) is 3.48. The van der Waals surface area contributed by atoms with Gasteiger partial charge in [0, 0.05) is 18.2 Å². The van der Waals surface area contributed by atoms with Crippen molar-refractivity contribution in [1.82, 2.24) is 0 Å². The van der Waals surface area contributed by atoms with Crippen LogP contribution in [0.4, 0.5) is 0 Å². The van der Waals surface area contributed by atoms with E-state index in [1.54, 1.807) is 0 Å². The van der Waals surface area contributed by atoms with Crippen LogP contribution in [0.1, 0.15) is 0 Å². The van der Waals surface area contributed by atoms with Crippen molar-refractivity contribution in [2.75, 3.05) is 0 Å². The van der Waals surface area contributed by atoms with Crippen molar-refractivity contribution in [3.63, 3.8) is 0 Å². The van der Waals surface area contributed by atoms with Gasteiger partial charge in [0.2, 0.25) is 0 Å². The second-order valence-electron chi connectivity index (χ2n) is 1.85. The third kappa shape index (κ3) is 2.09. The molecule has 4 nitrogen and oxygen atoms in total. The molecule has 0 heterocycles. The van der Waals surface area contributed by atoms with Gasteiger partial charge in [-0.05, 0) is 0 Å². The van der Waals surface area contributed by atoms with Crippen molar-refractivity contribution in [1.29, 1.82) is 0 Å². The molecule has 5 heteroatoms. The van der Waals surface area contributed by atoms with E-state index in [1.807, 2.05) is 0 Å². The molecule has 2 N–H and O–H groups in total. The summed E-state index contributed by atoms with van der Waals surface area (Å²) in [5.74, 6) is -0.119. The van der Waals surface area contributed by atoms with E-state index < -0.39 is 8.69 Å². The van der Waals surface area contributed by atoms with E-state index in [0.717, 1.165) is 6.07 Å². The fourth-order valence-corrected chi connectivity index (χ4v) is 0.855. The van der Waals surface area contributed by atoms with Gasteiger partial charge in [0.25, 0.3) is 0 Å². The molecule has 0 unspecified atom stereocenters. The Bertz CT molecular complexity index is 253. The highest BCUT2D eigenvalue weighted by Gasteiger charge is 1.98. The Labute approximate surface area is 64.3 Å². The zero-order valence-corrected chi connectivity index (χ0v) is 6.28. The van der Waals surface area contributed by atoms with Crippen molar-refractivity contribution in [3.8, 4) is 17.2 Å². The van der Waals surface area contributed by atoms with Crippen LogP contribution >= 0.6 is 8.69 Å². The number of hydrogen-bond donors (Lipinski definition) is 2. The van der Waals surface area contributed by atoms with Crippen LogP contribution in [0.15, 0.2) is 18.2 Å². The van der Waals surface area contributed by atoms with Gasteiger partial charge in [-0.2, -0.15) is 0 Å². The van der Waals surface area contributed by atoms with E-state index in [4.69, 9.17) is 10.2 Å². The molecular formula is C6H5O4P. The van der Waals surface area contributed by atoms with Crippen LogP contribution < -0.4 is 4.52 Å². The van der Waals surface area contributed by atoms with Crippen molar-refractivity contribution >= 4 is 8.69 Å². The molecule has 0 aliphatic carbocycles.